The summed E-state index contributed by atoms with van der Waals surface area (Å²) in [4.78, 5) is 12.9. The molecule has 0 spiro atoms. The molecule has 0 bridgehead atoms. The first-order valence-electron chi connectivity index (χ1n) is 8.09. The lowest BCUT2D eigenvalue weighted by Gasteiger charge is -2.10. The zero-order chi connectivity index (χ0) is 18.1. The third-order valence-corrected chi connectivity index (χ3v) is 5.59. The highest BCUT2D eigenvalue weighted by atomic mass is 32.2. The van der Waals surface area contributed by atoms with Crippen molar-refractivity contribution in [3.05, 3.63) is 45.9 Å². The van der Waals surface area contributed by atoms with Gasteiger partial charge in [-0.1, -0.05) is 20.8 Å². The number of rotatable bonds is 6. The van der Waals surface area contributed by atoms with Crippen molar-refractivity contribution < 1.29 is 8.42 Å². The first-order chi connectivity index (χ1) is 11.2. The van der Waals surface area contributed by atoms with Crippen LogP contribution in [0.15, 0.2) is 34.0 Å². The SMILES string of the molecule is CCCNS(=O)(=O)c1ccc(-n2c(=O)c(C(C)C)c(C)n2C)cc1. The lowest BCUT2D eigenvalue weighted by Crippen LogP contribution is -2.25. The molecule has 1 heterocycles. The summed E-state index contributed by atoms with van der Waals surface area (Å²) in [5.74, 6) is 0.128. The molecular weight excluding hydrogens is 326 g/mol. The average Bonchev–Trinajstić information content (AvgIpc) is 2.75. The molecule has 24 heavy (non-hydrogen) atoms. The fraction of sp³-hybridized carbons (Fsp3) is 0.471. The molecule has 0 saturated heterocycles. The fourth-order valence-electron chi connectivity index (χ4n) is 2.77. The van der Waals surface area contributed by atoms with Gasteiger partial charge in [-0.25, -0.2) is 17.8 Å². The maximum Gasteiger partial charge on any atom is 0.275 e. The van der Waals surface area contributed by atoms with Crippen LogP contribution in [0.3, 0.4) is 0 Å². The van der Waals surface area contributed by atoms with Crippen molar-refractivity contribution in [3.63, 3.8) is 0 Å². The topological polar surface area (TPSA) is 73.1 Å². The van der Waals surface area contributed by atoms with Gasteiger partial charge in [0, 0.05) is 24.8 Å². The van der Waals surface area contributed by atoms with Crippen LogP contribution in [-0.2, 0) is 17.1 Å². The molecule has 1 N–H and O–H groups in total. The number of benzene rings is 1. The van der Waals surface area contributed by atoms with E-state index in [1.807, 2.05) is 34.7 Å². The highest BCUT2D eigenvalue weighted by molar-refractivity contribution is 7.89. The predicted octanol–water partition coefficient (Wildman–Crippen LogP) is 2.30. The Balaban J connectivity index is 2.47. The molecule has 6 nitrogen and oxygen atoms in total. The summed E-state index contributed by atoms with van der Waals surface area (Å²) in [6, 6.07) is 6.37. The van der Waals surface area contributed by atoms with Crippen LogP contribution in [0.2, 0.25) is 0 Å². The molecule has 0 aliphatic rings. The number of aromatic nitrogens is 2. The second kappa shape index (κ2) is 6.94. The van der Waals surface area contributed by atoms with E-state index in [0.29, 0.717) is 12.2 Å². The zero-order valence-electron chi connectivity index (χ0n) is 14.8. The second-order valence-corrected chi connectivity index (χ2v) is 7.95. The van der Waals surface area contributed by atoms with Crippen LogP contribution >= 0.6 is 0 Å². The van der Waals surface area contributed by atoms with Crippen LogP contribution in [0.5, 0.6) is 0 Å². The number of nitrogens with zero attached hydrogens (tertiary/aromatic N) is 2. The highest BCUT2D eigenvalue weighted by Gasteiger charge is 2.19. The zero-order valence-corrected chi connectivity index (χ0v) is 15.6. The first kappa shape index (κ1) is 18.5. The van der Waals surface area contributed by atoms with E-state index in [1.165, 1.54) is 12.1 Å². The van der Waals surface area contributed by atoms with Gasteiger partial charge in [0.1, 0.15) is 0 Å². The number of hydrogen-bond donors (Lipinski definition) is 1. The van der Waals surface area contributed by atoms with Gasteiger partial charge in [0.25, 0.3) is 5.56 Å². The van der Waals surface area contributed by atoms with Crippen molar-refractivity contribution in [1.29, 1.82) is 0 Å². The largest absolute Gasteiger partial charge is 0.285 e. The van der Waals surface area contributed by atoms with E-state index in [4.69, 9.17) is 0 Å². The van der Waals surface area contributed by atoms with Gasteiger partial charge in [-0.2, -0.15) is 0 Å². The van der Waals surface area contributed by atoms with Gasteiger partial charge in [-0.05, 0) is 43.5 Å². The number of sulfonamides is 1. The van der Waals surface area contributed by atoms with Crippen LogP contribution in [0.4, 0.5) is 0 Å². The van der Waals surface area contributed by atoms with Crippen LogP contribution in [0.1, 0.15) is 44.4 Å². The molecular formula is C17H25N3O3S. The number of nitrogens with one attached hydrogen (secondary N) is 1. The third kappa shape index (κ3) is 3.32. The Morgan fingerprint density at radius 2 is 1.75 bits per heavy atom. The van der Waals surface area contributed by atoms with Gasteiger partial charge in [-0.3, -0.25) is 9.48 Å². The van der Waals surface area contributed by atoms with Gasteiger partial charge >= 0.3 is 0 Å². The van der Waals surface area contributed by atoms with E-state index in [1.54, 1.807) is 21.5 Å². The first-order valence-corrected chi connectivity index (χ1v) is 9.57. The van der Waals surface area contributed by atoms with Crippen molar-refractivity contribution in [2.24, 2.45) is 7.05 Å². The van der Waals surface area contributed by atoms with Gasteiger partial charge in [-0.15, -0.1) is 0 Å². The van der Waals surface area contributed by atoms with Crippen molar-refractivity contribution in [2.45, 2.75) is 44.9 Å². The fourth-order valence-corrected chi connectivity index (χ4v) is 3.90. The molecule has 2 rings (SSSR count). The summed E-state index contributed by atoms with van der Waals surface area (Å²) < 4.78 is 30.2. The van der Waals surface area contributed by atoms with E-state index in [-0.39, 0.29) is 16.4 Å². The Labute approximate surface area is 143 Å². The van der Waals surface area contributed by atoms with Gasteiger partial charge < -0.3 is 0 Å². The monoisotopic (exact) mass is 351 g/mol. The van der Waals surface area contributed by atoms with Crippen molar-refractivity contribution in [1.82, 2.24) is 14.1 Å². The molecule has 1 aromatic carbocycles. The minimum absolute atomic E-state index is 0.0651. The summed E-state index contributed by atoms with van der Waals surface area (Å²) in [5, 5.41) is 0. The molecule has 0 atom stereocenters. The molecule has 0 saturated carbocycles. The molecule has 7 heteroatoms. The molecule has 1 aromatic heterocycles. The van der Waals surface area contributed by atoms with Crippen LogP contribution < -0.4 is 10.3 Å². The minimum atomic E-state index is -3.50. The Kier molecular flexibility index (Phi) is 5.35. The minimum Gasteiger partial charge on any atom is -0.285 e. The Hall–Kier alpha value is -1.86. The summed E-state index contributed by atoms with van der Waals surface area (Å²) in [6.07, 6.45) is 0.729. The Morgan fingerprint density at radius 3 is 2.21 bits per heavy atom. The molecule has 0 radical (unpaired) electrons. The van der Waals surface area contributed by atoms with E-state index < -0.39 is 10.0 Å². The normalized spacial score (nSPS) is 12.1. The smallest absolute Gasteiger partial charge is 0.275 e. The summed E-state index contributed by atoms with van der Waals surface area (Å²) in [6.45, 7) is 8.20. The summed E-state index contributed by atoms with van der Waals surface area (Å²) >= 11 is 0. The molecule has 132 valence electrons. The van der Waals surface area contributed by atoms with Crippen molar-refractivity contribution >= 4 is 10.0 Å². The van der Waals surface area contributed by atoms with Crippen LogP contribution in [0, 0.1) is 6.92 Å². The maximum atomic E-state index is 12.7. The molecule has 0 amide bonds. The molecule has 2 aromatic rings. The van der Waals surface area contributed by atoms with Crippen molar-refractivity contribution in [2.75, 3.05) is 6.54 Å². The van der Waals surface area contributed by atoms with Gasteiger partial charge in [0.05, 0.1) is 10.6 Å². The molecule has 0 aliphatic heterocycles. The standard InChI is InChI=1S/C17H25N3O3S/c1-6-11-18-24(22,23)15-9-7-14(8-10-15)20-17(21)16(12(2)3)13(4)19(20)5/h7-10,12,18H,6,11H2,1-5H3. The predicted molar refractivity (Wildman–Crippen MR) is 95.3 cm³/mol. The third-order valence-electron chi connectivity index (χ3n) is 4.11. The molecule has 0 unspecified atom stereocenters. The Morgan fingerprint density at radius 1 is 1.17 bits per heavy atom. The van der Waals surface area contributed by atoms with Crippen LogP contribution in [0.25, 0.3) is 5.69 Å². The second-order valence-electron chi connectivity index (χ2n) is 6.19. The lowest BCUT2D eigenvalue weighted by atomic mass is 10.0. The van der Waals surface area contributed by atoms with E-state index in [0.717, 1.165) is 17.7 Å². The maximum absolute atomic E-state index is 12.7. The molecule has 0 aliphatic carbocycles. The average molecular weight is 351 g/mol. The van der Waals surface area contributed by atoms with Gasteiger partial charge in [0.15, 0.2) is 0 Å². The lowest BCUT2D eigenvalue weighted by molar-refractivity contribution is 0.580. The van der Waals surface area contributed by atoms with E-state index in [2.05, 4.69) is 4.72 Å². The Bertz CT molecular complexity index is 875. The van der Waals surface area contributed by atoms with Crippen LogP contribution in [-0.4, -0.2) is 24.3 Å². The van der Waals surface area contributed by atoms with E-state index >= 15 is 0 Å². The highest BCUT2D eigenvalue weighted by Crippen LogP contribution is 2.18. The quantitative estimate of drug-likeness (QED) is 0.868. The summed E-state index contributed by atoms with van der Waals surface area (Å²) in [7, 11) is -1.67. The van der Waals surface area contributed by atoms with E-state index in [9.17, 15) is 13.2 Å². The summed E-state index contributed by atoms with van der Waals surface area (Å²) in [5.41, 5.74) is 2.27. The number of hydrogen-bond acceptors (Lipinski definition) is 3. The van der Waals surface area contributed by atoms with Crippen molar-refractivity contribution in [3.8, 4) is 5.69 Å². The molecule has 0 fully saturated rings. The van der Waals surface area contributed by atoms with Gasteiger partial charge in [0.2, 0.25) is 10.0 Å².